The normalized spacial score (nSPS) is 10.5. The third kappa shape index (κ3) is 1.72. The topological polar surface area (TPSA) is 39.9 Å². The molecule has 0 aliphatic heterocycles. The van der Waals surface area contributed by atoms with Crippen molar-refractivity contribution in [1.29, 1.82) is 0 Å². The van der Waals surface area contributed by atoms with Crippen molar-refractivity contribution in [2.24, 2.45) is 7.05 Å². The number of aromatic nitrogens is 3. The number of methoxy groups -OCH3 is 1. The van der Waals surface area contributed by atoms with Crippen LogP contribution in [0.25, 0.3) is 5.57 Å². The molecular formula is C8H11N3O. The molecular weight excluding hydrogens is 154 g/mol. The number of hydrogen-bond acceptors (Lipinski definition) is 3. The van der Waals surface area contributed by atoms with E-state index in [1.165, 1.54) is 0 Å². The van der Waals surface area contributed by atoms with Gasteiger partial charge in [-0.2, -0.15) is 0 Å². The summed E-state index contributed by atoms with van der Waals surface area (Å²) in [7, 11) is 3.45. The van der Waals surface area contributed by atoms with Crippen LogP contribution < -0.4 is 0 Å². The summed E-state index contributed by atoms with van der Waals surface area (Å²) in [6.07, 6.45) is 4.92. The third-order valence-corrected chi connectivity index (χ3v) is 1.40. The van der Waals surface area contributed by atoms with Gasteiger partial charge in [-0.05, 0) is 6.08 Å². The van der Waals surface area contributed by atoms with Crippen LogP contribution >= 0.6 is 0 Å². The summed E-state index contributed by atoms with van der Waals surface area (Å²) in [5.74, 6) is 0.739. The van der Waals surface area contributed by atoms with E-state index >= 15 is 0 Å². The van der Waals surface area contributed by atoms with Crippen molar-refractivity contribution in [3.8, 4) is 0 Å². The second-order valence-electron chi connectivity index (χ2n) is 2.33. The molecule has 0 bridgehead atoms. The van der Waals surface area contributed by atoms with Gasteiger partial charge in [0.25, 0.3) is 0 Å². The van der Waals surface area contributed by atoms with Gasteiger partial charge < -0.3 is 9.30 Å². The molecule has 1 aromatic heterocycles. The molecule has 0 atom stereocenters. The Morgan fingerprint density at radius 3 is 3.00 bits per heavy atom. The maximum Gasteiger partial charge on any atom is 0.162 e. The summed E-state index contributed by atoms with van der Waals surface area (Å²) in [4.78, 5) is 0. The van der Waals surface area contributed by atoms with E-state index in [1.54, 1.807) is 30.3 Å². The number of hydrogen-bond donors (Lipinski definition) is 0. The largest absolute Gasteiger partial charge is 0.504 e. The number of nitrogens with zero attached hydrogens (tertiary/aromatic N) is 3. The van der Waals surface area contributed by atoms with Crippen LogP contribution in [0.1, 0.15) is 5.82 Å². The molecule has 0 aliphatic rings. The van der Waals surface area contributed by atoms with Crippen molar-refractivity contribution in [1.82, 2.24) is 14.8 Å². The van der Waals surface area contributed by atoms with E-state index in [0.717, 1.165) is 11.4 Å². The second kappa shape index (κ2) is 3.71. The fourth-order valence-electron chi connectivity index (χ4n) is 0.799. The lowest BCUT2D eigenvalue weighted by atomic mass is 10.3. The first-order valence-corrected chi connectivity index (χ1v) is 3.48. The monoisotopic (exact) mass is 165 g/mol. The van der Waals surface area contributed by atoms with Gasteiger partial charge in [0.05, 0.1) is 13.4 Å². The molecule has 0 saturated carbocycles. The zero-order chi connectivity index (χ0) is 8.97. The Balaban J connectivity index is 2.78. The lowest BCUT2D eigenvalue weighted by Gasteiger charge is -1.97. The van der Waals surface area contributed by atoms with Crippen molar-refractivity contribution in [2.75, 3.05) is 7.11 Å². The van der Waals surface area contributed by atoms with Gasteiger partial charge in [0, 0.05) is 12.6 Å². The highest BCUT2D eigenvalue weighted by molar-refractivity contribution is 5.66. The average Bonchev–Trinajstić information content (AvgIpc) is 2.47. The SMILES string of the molecule is C=C(C=COC)c1nncn1C. The molecule has 0 amide bonds. The Kier molecular flexibility index (Phi) is 2.63. The van der Waals surface area contributed by atoms with E-state index in [9.17, 15) is 0 Å². The minimum Gasteiger partial charge on any atom is -0.504 e. The Bertz CT molecular complexity index is 301. The van der Waals surface area contributed by atoms with Crippen LogP contribution in [-0.4, -0.2) is 21.9 Å². The van der Waals surface area contributed by atoms with Gasteiger partial charge >= 0.3 is 0 Å². The summed E-state index contributed by atoms with van der Waals surface area (Å²) in [6, 6.07) is 0. The van der Waals surface area contributed by atoms with Gasteiger partial charge in [-0.15, -0.1) is 10.2 Å². The first kappa shape index (κ1) is 8.52. The summed E-state index contributed by atoms with van der Waals surface area (Å²) in [5, 5.41) is 7.60. The molecule has 0 N–H and O–H groups in total. The van der Waals surface area contributed by atoms with E-state index in [4.69, 9.17) is 4.74 Å². The van der Waals surface area contributed by atoms with Gasteiger partial charge in [0.1, 0.15) is 6.33 Å². The first-order valence-electron chi connectivity index (χ1n) is 3.48. The predicted octanol–water partition coefficient (Wildman–Crippen LogP) is 0.988. The van der Waals surface area contributed by atoms with Crippen molar-refractivity contribution < 1.29 is 4.74 Å². The van der Waals surface area contributed by atoms with Gasteiger partial charge in [0.15, 0.2) is 5.82 Å². The zero-order valence-corrected chi connectivity index (χ0v) is 7.19. The smallest absolute Gasteiger partial charge is 0.162 e. The molecule has 0 aliphatic carbocycles. The fourth-order valence-corrected chi connectivity index (χ4v) is 0.799. The van der Waals surface area contributed by atoms with E-state index in [2.05, 4.69) is 16.8 Å². The molecule has 0 unspecified atom stereocenters. The predicted molar refractivity (Wildman–Crippen MR) is 46.2 cm³/mol. The highest BCUT2D eigenvalue weighted by Gasteiger charge is 2.00. The average molecular weight is 165 g/mol. The molecule has 1 heterocycles. The molecule has 0 radical (unpaired) electrons. The maximum atomic E-state index is 4.75. The molecule has 1 rings (SSSR count). The van der Waals surface area contributed by atoms with Crippen LogP contribution in [0.3, 0.4) is 0 Å². The number of aryl methyl sites for hydroxylation is 1. The lowest BCUT2D eigenvalue weighted by molar-refractivity contribution is 0.338. The van der Waals surface area contributed by atoms with Gasteiger partial charge in [-0.25, -0.2) is 0 Å². The van der Waals surface area contributed by atoms with Crippen LogP contribution in [0.5, 0.6) is 0 Å². The Morgan fingerprint density at radius 1 is 1.75 bits per heavy atom. The van der Waals surface area contributed by atoms with E-state index in [-0.39, 0.29) is 0 Å². The number of ether oxygens (including phenoxy) is 1. The Hall–Kier alpha value is -1.58. The van der Waals surface area contributed by atoms with Crippen LogP contribution in [-0.2, 0) is 11.8 Å². The van der Waals surface area contributed by atoms with E-state index in [0.29, 0.717) is 0 Å². The molecule has 0 fully saturated rings. The molecule has 64 valence electrons. The molecule has 12 heavy (non-hydrogen) atoms. The summed E-state index contributed by atoms with van der Waals surface area (Å²) in [6.45, 7) is 3.81. The molecule has 0 saturated heterocycles. The van der Waals surface area contributed by atoms with Crippen molar-refractivity contribution >= 4 is 5.57 Å². The van der Waals surface area contributed by atoms with E-state index in [1.807, 2.05) is 7.05 Å². The van der Waals surface area contributed by atoms with Gasteiger partial charge in [-0.1, -0.05) is 6.58 Å². The van der Waals surface area contributed by atoms with Gasteiger partial charge in [0.2, 0.25) is 0 Å². The minimum absolute atomic E-state index is 0.739. The van der Waals surface area contributed by atoms with Crippen molar-refractivity contribution in [3.63, 3.8) is 0 Å². The van der Waals surface area contributed by atoms with Crippen LogP contribution in [0.15, 0.2) is 25.2 Å². The second-order valence-corrected chi connectivity index (χ2v) is 2.33. The summed E-state index contributed by atoms with van der Waals surface area (Å²) < 4.78 is 6.55. The Labute approximate surface area is 71.2 Å². The highest BCUT2D eigenvalue weighted by Crippen LogP contribution is 2.08. The summed E-state index contributed by atoms with van der Waals surface area (Å²) >= 11 is 0. The standard InChI is InChI=1S/C8H11N3O/c1-7(4-5-12-3)8-10-9-6-11(8)2/h4-6H,1H2,2-3H3. The zero-order valence-electron chi connectivity index (χ0n) is 7.19. The fraction of sp³-hybridized carbons (Fsp3) is 0.250. The van der Waals surface area contributed by atoms with E-state index < -0.39 is 0 Å². The maximum absolute atomic E-state index is 4.75. The lowest BCUT2D eigenvalue weighted by Crippen LogP contribution is -1.93. The van der Waals surface area contributed by atoms with Crippen LogP contribution in [0, 0.1) is 0 Å². The first-order chi connectivity index (χ1) is 5.75. The molecule has 0 aromatic carbocycles. The molecule has 1 aromatic rings. The number of rotatable bonds is 3. The minimum atomic E-state index is 0.739. The quantitative estimate of drug-likeness (QED) is 0.495. The Morgan fingerprint density at radius 2 is 2.50 bits per heavy atom. The molecule has 4 nitrogen and oxygen atoms in total. The molecule has 0 spiro atoms. The van der Waals surface area contributed by atoms with Gasteiger partial charge in [-0.3, -0.25) is 0 Å². The highest BCUT2D eigenvalue weighted by atomic mass is 16.5. The molecule has 4 heteroatoms. The number of allylic oxidation sites excluding steroid dienone is 2. The van der Waals surface area contributed by atoms with Crippen LogP contribution in [0.2, 0.25) is 0 Å². The third-order valence-electron chi connectivity index (χ3n) is 1.40. The van der Waals surface area contributed by atoms with Crippen molar-refractivity contribution in [2.45, 2.75) is 0 Å². The summed E-state index contributed by atoms with van der Waals surface area (Å²) in [5.41, 5.74) is 0.775. The van der Waals surface area contributed by atoms with Crippen LogP contribution in [0.4, 0.5) is 0 Å². The van der Waals surface area contributed by atoms with Crippen molar-refractivity contribution in [3.05, 3.63) is 31.1 Å².